The van der Waals surface area contributed by atoms with Gasteiger partial charge in [-0.05, 0) is 58.8 Å². The Balaban J connectivity index is 1.17. The van der Waals surface area contributed by atoms with Crippen LogP contribution in [0.15, 0.2) is 41.8 Å². The fourth-order valence-electron chi connectivity index (χ4n) is 4.97. The molecule has 172 valence electrons. The zero-order valence-corrected chi connectivity index (χ0v) is 19.7. The minimum Gasteiger partial charge on any atom is -0.493 e. The van der Waals surface area contributed by atoms with Crippen molar-refractivity contribution in [2.45, 2.75) is 32.6 Å². The molecule has 3 aliphatic heterocycles. The van der Waals surface area contributed by atoms with Crippen molar-refractivity contribution in [2.24, 2.45) is 0 Å². The molecule has 33 heavy (non-hydrogen) atoms. The van der Waals surface area contributed by atoms with Crippen LogP contribution in [0.1, 0.15) is 27.1 Å². The molecule has 3 aliphatic rings. The first-order chi connectivity index (χ1) is 16.2. The molecule has 1 aromatic heterocycles. The number of rotatable bonds is 5. The van der Waals surface area contributed by atoms with Crippen LogP contribution in [0.3, 0.4) is 0 Å². The second-order valence-electron chi connectivity index (χ2n) is 8.86. The third-order valence-corrected chi connectivity index (χ3v) is 7.62. The number of nitrogens with zero attached hydrogens (tertiary/aromatic N) is 2. The number of methoxy groups -OCH3 is 1. The minimum absolute atomic E-state index is 0.244. The Morgan fingerprint density at radius 3 is 2.70 bits per heavy atom. The third-order valence-electron chi connectivity index (χ3n) is 6.60. The second kappa shape index (κ2) is 8.89. The van der Waals surface area contributed by atoms with Gasteiger partial charge in [-0.2, -0.15) is 0 Å². The van der Waals surface area contributed by atoms with Crippen molar-refractivity contribution in [3.05, 3.63) is 68.9 Å². The monoisotopic (exact) mass is 464 g/mol. The van der Waals surface area contributed by atoms with E-state index >= 15 is 0 Å². The van der Waals surface area contributed by atoms with Gasteiger partial charge < -0.3 is 18.9 Å². The molecule has 0 radical (unpaired) electrons. The predicted octanol–water partition coefficient (Wildman–Crippen LogP) is 4.44. The van der Waals surface area contributed by atoms with Gasteiger partial charge in [-0.1, -0.05) is 6.07 Å². The van der Waals surface area contributed by atoms with Crippen LogP contribution in [0.4, 0.5) is 0 Å². The molecule has 0 N–H and O–H groups in total. The largest absolute Gasteiger partial charge is 0.493 e. The van der Waals surface area contributed by atoms with Crippen LogP contribution < -0.4 is 18.9 Å². The first kappa shape index (κ1) is 20.8. The van der Waals surface area contributed by atoms with E-state index in [1.165, 1.54) is 16.7 Å². The van der Waals surface area contributed by atoms with Gasteiger partial charge in [0.1, 0.15) is 12.4 Å². The van der Waals surface area contributed by atoms with Gasteiger partial charge in [0.2, 0.25) is 12.5 Å². The Morgan fingerprint density at radius 2 is 1.76 bits per heavy atom. The molecule has 0 atom stereocenters. The van der Waals surface area contributed by atoms with E-state index in [1.54, 1.807) is 12.0 Å². The van der Waals surface area contributed by atoms with E-state index in [0.717, 1.165) is 68.5 Å². The number of hydrogen-bond donors (Lipinski definition) is 0. The van der Waals surface area contributed by atoms with Crippen molar-refractivity contribution in [3.63, 3.8) is 0 Å². The lowest BCUT2D eigenvalue weighted by atomic mass is 10.1. The first-order valence-electron chi connectivity index (χ1n) is 11.5. The summed E-state index contributed by atoms with van der Waals surface area (Å²) in [6, 6.07) is 13.1. The van der Waals surface area contributed by atoms with E-state index in [4.69, 9.17) is 18.9 Å². The SMILES string of the molecule is COc1cc(CN2CCOc3ccc(CN4CCc5sccc5C4)cc3C2)cc2c1OCO2. The quantitative estimate of drug-likeness (QED) is 0.556. The Bertz CT molecular complexity index is 1160. The highest BCUT2D eigenvalue weighted by molar-refractivity contribution is 7.10. The molecular weight excluding hydrogens is 436 g/mol. The zero-order valence-electron chi connectivity index (χ0n) is 18.8. The molecule has 2 aromatic carbocycles. The molecule has 0 saturated carbocycles. The molecule has 0 spiro atoms. The zero-order chi connectivity index (χ0) is 22.2. The standard InChI is InChI=1S/C26H28N2O4S/c1-29-23-11-19(12-24-26(23)32-17-31-24)14-28-7-8-30-22-3-2-18(10-21(22)16-28)13-27-6-4-25-20(15-27)5-9-33-25/h2-3,5,9-12H,4,6-8,13-17H2,1H3. The normalized spacial score (nSPS) is 17.7. The van der Waals surface area contributed by atoms with Crippen molar-refractivity contribution in [2.75, 3.05) is 33.6 Å². The fourth-order valence-corrected chi connectivity index (χ4v) is 5.86. The number of benzene rings is 2. The smallest absolute Gasteiger partial charge is 0.231 e. The molecule has 0 amide bonds. The van der Waals surface area contributed by atoms with Gasteiger partial charge >= 0.3 is 0 Å². The molecule has 6 nitrogen and oxygen atoms in total. The van der Waals surface area contributed by atoms with Crippen LogP contribution in [0.25, 0.3) is 0 Å². The van der Waals surface area contributed by atoms with Crippen LogP contribution in [-0.4, -0.2) is 43.4 Å². The Kier molecular flexibility index (Phi) is 5.62. The predicted molar refractivity (Wildman–Crippen MR) is 127 cm³/mol. The van der Waals surface area contributed by atoms with Gasteiger partial charge in [0.15, 0.2) is 11.5 Å². The molecule has 0 fully saturated rings. The summed E-state index contributed by atoms with van der Waals surface area (Å²) >= 11 is 1.89. The van der Waals surface area contributed by atoms with Crippen molar-refractivity contribution >= 4 is 11.3 Å². The lowest BCUT2D eigenvalue weighted by Crippen LogP contribution is -2.29. The summed E-state index contributed by atoms with van der Waals surface area (Å²) in [5, 5.41) is 2.22. The van der Waals surface area contributed by atoms with Crippen molar-refractivity contribution in [3.8, 4) is 23.0 Å². The van der Waals surface area contributed by atoms with Gasteiger partial charge in [0, 0.05) is 49.7 Å². The van der Waals surface area contributed by atoms with E-state index < -0.39 is 0 Å². The van der Waals surface area contributed by atoms with Crippen molar-refractivity contribution in [1.82, 2.24) is 9.80 Å². The van der Waals surface area contributed by atoms with Gasteiger partial charge in [-0.3, -0.25) is 9.80 Å². The highest BCUT2D eigenvalue weighted by Gasteiger charge is 2.23. The summed E-state index contributed by atoms with van der Waals surface area (Å²) in [5.41, 5.74) is 5.25. The fraction of sp³-hybridized carbons (Fsp3) is 0.385. The number of hydrogen-bond acceptors (Lipinski definition) is 7. The molecule has 0 unspecified atom stereocenters. The minimum atomic E-state index is 0.244. The van der Waals surface area contributed by atoms with E-state index in [2.05, 4.69) is 45.5 Å². The Morgan fingerprint density at radius 1 is 0.879 bits per heavy atom. The summed E-state index contributed by atoms with van der Waals surface area (Å²) in [4.78, 5) is 6.52. The van der Waals surface area contributed by atoms with Gasteiger partial charge in [-0.25, -0.2) is 0 Å². The number of ether oxygens (including phenoxy) is 4. The van der Waals surface area contributed by atoms with Gasteiger partial charge in [0.05, 0.1) is 7.11 Å². The van der Waals surface area contributed by atoms with Gasteiger partial charge in [-0.15, -0.1) is 11.3 Å². The van der Waals surface area contributed by atoms with Crippen LogP contribution in [0.5, 0.6) is 23.0 Å². The highest BCUT2D eigenvalue weighted by atomic mass is 32.1. The third kappa shape index (κ3) is 4.28. The molecule has 3 aromatic rings. The van der Waals surface area contributed by atoms with Crippen molar-refractivity contribution in [1.29, 1.82) is 0 Å². The van der Waals surface area contributed by atoms with Crippen LogP contribution in [-0.2, 0) is 32.6 Å². The lowest BCUT2D eigenvalue weighted by Gasteiger charge is -2.27. The average molecular weight is 465 g/mol. The van der Waals surface area contributed by atoms with E-state index in [0.29, 0.717) is 12.4 Å². The second-order valence-corrected chi connectivity index (χ2v) is 9.86. The molecule has 4 heterocycles. The molecular formula is C26H28N2O4S. The summed E-state index contributed by atoms with van der Waals surface area (Å²) in [5.74, 6) is 3.18. The van der Waals surface area contributed by atoms with E-state index in [-0.39, 0.29) is 6.79 Å². The molecule has 0 saturated heterocycles. The maximum atomic E-state index is 6.09. The van der Waals surface area contributed by atoms with Gasteiger partial charge in [0.25, 0.3) is 0 Å². The van der Waals surface area contributed by atoms with E-state index in [1.807, 2.05) is 17.4 Å². The molecule has 0 aliphatic carbocycles. The molecule has 0 bridgehead atoms. The molecule has 7 heteroatoms. The number of fused-ring (bicyclic) bond motifs is 3. The average Bonchev–Trinajstić information content (AvgIpc) is 3.44. The first-order valence-corrected chi connectivity index (χ1v) is 12.3. The highest BCUT2D eigenvalue weighted by Crippen LogP contribution is 2.42. The van der Waals surface area contributed by atoms with Crippen molar-refractivity contribution < 1.29 is 18.9 Å². The topological polar surface area (TPSA) is 43.4 Å². The summed E-state index contributed by atoms with van der Waals surface area (Å²) in [6.07, 6.45) is 1.16. The molecule has 6 rings (SSSR count). The maximum Gasteiger partial charge on any atom is 0.231 e. The Hall–Kier alpha value is -2.74. The summed E-state index contributed by atoms with van der Waals surface area (Å²) in [6.45, 7) is 6.59. The van der Waals surface area contributed by atoms with Crippen LogP contribution in [0.2, 0.25) is 0 Å². The maximum absolute atomic E-state index is 6.09. The van der Waals surface area contributed by atoms with E-state index in [9.17, 15) is 0 Å². The lowest BCUT2D eigenvalue weighted by molar-refractivity contribution is 0.171. The van der Waals surface area contributed by atoms with Crippen LogP contribution >= 0.6 is 11.3 Å². The number of thiophene rings is 1. The summed E-state index contributed by atoms with van der Waals surface area (Å²) in [7, 11) is 1.67. The van der Waals surface area contributed by atoms with Crippen LogP contribution in [0, 0.1) is 0 Å². The summed E-state index contributed by atoms with van der Waals surface area (Å²) < 4.78 is 22.8. The Labute approximate surface area is 198 Å².